The number of benzene rings is 1. The van der Waals surface area contributed by atoms with Crippen molar-refractivity contribution in [3.05, 3.63) is 63.9 Å². The van der Waals surface area contributed by atoms with Gasteiger partial charge in [0, 0.05) is 6.08 Å². The van der Waals surface area contributed by atoms with Gasteiger partial charge in [-0.3, -0.25) is 4.79 Å². The molecule has 1 amide bonds. The van der Waals surface area contributed by atoms with Crippen molar-refractivity contribution in [2.75, 3.05) is 19.5 Å². The number of nitrogens with one attached hydrogen (secondary N) is 1. The lowest BCUT2D eigenvalue weighted by atomic mass is 10.2. The Hall–Kier alpha value is -3.59. The molecule has 31 heavy (non-hydrogen) atoms. The Morgan fingerprint density at radius 2 is 2.00 bits per heavy atom. The Balaban J connectivity index is 1.66. The van der Waals surface area contributed by atoms with Gasteiger partial charge in [-0.2, -0.15) is 0 Å². The van der Waals surface area contributed by atoms with Crippen LogP contribution < -0.4 is 14.8 Å². The maximum absolute atomic E-state index is 12.3. The average molecular weight is 442 g/mol. The molecule has 0 bridgehead atoms. The van der Waals surface area contributed by atoms with Gasteiger partial charge in [0.1, 0.15) is 17.4 Å². The zero-order chi connectivity index (χ0) is 22.4. The van der Waals surface area contributed by atoms with Crippen LogP contribution in [0.4, 0.5) is 5.00 Å². The first-order chi connectivity index (χ1) is 14.9. The molecule has 162 valence electrons. The number of hydrogen-bond acceptors (Lipinski definition) is 8. The number of carbonyl (C=O) groups is 2. The van der Waals surface area contributed by atoms with Gasteiger partial charge in [-0.05, 0) is 49.1 Å². The number of methoxy groups -OCH3 is 2. The minimum Gasteiger partial charge on any atom is -0.493 e. The van der Waals surface area contributed by atoms with Gasteiger partial charge in [0.2, 0.25) is 5.91 Å². The zero-order valence-electron chi connectivity index (χ0n) is 17.6. The van der Waals surface area contributed by atoms with Crippen molar-refractivity contribution >= 4 is 34.3 Å². The fraction of sp³-hybridized carbons (Fsp3) is 0.227. The zero-order valence-corrected chi connectivity index (χ0v) is 18.4. The van der Waals surface area contributed by atoms with Crippen molar-refractivity contribution in [3.63, 3.8) is 0 Å². The van der Waals surface area contributed by atoms with Gasteiger partial charge < -0.3 is 24.1 Å². The Morgan fingerprint density at radius 1 is 1.19 bits per heavy atom. The third kappa shape index (κ3) is 5.32. The quantitative estimate of drug-likeness (QED) is 0.408. The molecule has 8 nitrogen and oxygen atoms in total. The summed E-state index contributed by atoms with van der Waals surface area (Å²) in [7, 11) is 2.84. The van der Waals surface area contributed by atoms with Crippen LogP contribution in [0.15, 0.2) is 40.2 Å². The van der Waals surface area contributed by atoms with Gasteiger partial charge in [0.25, 0.3) is 0 Å². The van der Waals surface area contributed by atoms with E-state index in [2.05, 4.69) is 10.5 Å². The molecule has 2 heterocycles. The summed E-state index contributed by atoms with van der Waals surface area (Å²) < 4.78 is 21.1. The number of nitrogens with zero attached hydrogens (tertiary/aromatic N) is 1. The second kappa shape index (κ2) is 9.94. The number of ether oxygens (including phenoxy) is 3. The number of hydrogen-bond donors (Lipinski definition) is 1. The summed E-state index contributed by atoms with van der Waals surface area (Å²) in [4.78, 5) is 24.0. The maximum atomic E-state index is 12.3. The Labute approximate surface area is 183 Å². The molecular weight excluding hydrogens is 420 g/mol. The summed E-state index contributed by atoms with van der Waals surface area (Å²) in [6.45, 7) is 3.99. The first-order valence-corrected chi connectivity index (χ1v) is 10.2. The second-order valence-corrected chi connectivity index (χ2v) is 7.40. The average Bonchev–Trinajstić information content (AvgIpc) is 3.36. The van der Waals surface area contributed by atoms with E-state index in [-0.39, 0.29) is 5.91 Å². The maximum Gasteiger partial charge on any atom is 0.340 e. The summed E-state index contributed by atoms with van der Waals surface area (Å²) in [5.41, 5.74) is 2.73. The molecule has 0 saturated carbocycles. The van der Waals surface area contributed by atoms with Gasteiger partial charge in [0.05, 0.1) is 31.0 Å². The monoisotopic (exact) mass is 442 g/mol. The Bertz CT molecular complexity index is 1100. The molecular formula is C22H22N2O6S. The number of carbonyl (C=O) groups excluding carboxylic acids is 2. The van der Waals surface area contributed by atoms with Crippen LogP contribution in [0.2, 0.25) is 0 Å². The molecule has 0 fully saturated rings. The molecule has 0 radical (unpaired) electrons. The minimum atomic E-state index is -0.502. The number of aryl methyl sites for hydroxylation is 2. The number of esters is 1. The van der Waals surface area contributed by atoms with Crippen LogP contribution in [-0.4, -0.2) is 31.3 Å². The summed E-state index contributed by atoms with van der Waals surface area (Å²) in [6.07, 6.45) is 3.02. The van der Waals surface area contributed by atoms with Crippen LogP contribution in [0, 0.1) is 13.8 Å². The molecule has 9 heteroatoms. The summed E-state index contributed by atoms with van der Waals surface area (Å²) in [5, 5.41) is 8.74. The van der Waals surface area contributed by atoms with Gasteiger partial charge in [0.15, 0.2) is 11.5 Å². The highest BCUT2D eigenvalue weighted by Gasteiger charge is 2.15. The highest BCUT2D eigenvalue weighted by molar-refractivity contribution is 7.14. The molecule has 2 aromatic heterocycles. The first-order valence-electron chi connectivity index (χ1n) is 9.30. The summed E-state index contributed by atoms with van der Waals surface area (Å²) in [6, 6.07) is 6.93. The van der Waals surface area contributed by atoms with E-state index in [1.165, 1.54) is 24.5 Å². The lowest BCUT2D eigenvalue weighted by Crippen LogP contribution is -2.10. The Morgan fingerprint density at radius 3 is 2.68 bits per heavy atom. The topological polar surface area (TPSA) is 99.9 Å². The molecule has 3 rings (SSSR count). The standard InChI is InChI=1S/C22H22N2O6S/c1-13-17(14(2)30-24-13)12-29-18-7-5-15(11-19(18)27-3)6-8-20(25)23-21-16(9-10-31-21)22(26)28-4/h5-11H,12H2,1-4H3,(H,23,25)/b8-6+. The van der Waals surface area contributed by atoms with Gasteiger partial charge in [-0.15, -0.1) is 11.3 Å². The van der Waals surface area contributed by atoms with Crippen LogP contribution in [0.1, 0.15) is 32.9 Å². The molecule has 0 aliphatic heterocycles. The first kappa shape index (κ1) is 22.1. The van der Waals surface area contributed by atoms with E-state index in [1.807, 2.05) is 13.8 Å². The summed E-state index contributed by atoms with van der Waals surface area (Å²) in [5.74, 6) is 0.928. The van der Waals surface area contributed by atoms with Crippen molar-refractivity contribution < 1.29 is 28.3 Å². The number of thiophene rings is 1. The largest absolute Gasteiger partial charge is 0.493 e. The van der Waals surface area contributed by atoms with Crippen LogP contribution >= 0.6 is 11.3 Å². The van der Waals surface area contributed by atoms with Gasteiger partial charge in [-0.25, -0.2) is 4.79 Å². The molecule has 0 unspecified atom stereocenters. The van der Waals surface area contributed by atoms with Crippen LogP contribution in [0.3, 0.4) is 0 Å². The third-order valence-electron chi connectivity index (χ3n) is 4.48. The van der Waals surface area contributed by atoms with E-state index in [4.69, 9.17) is 18.7 Å². The van der Waals surface area contributed by atoms with E-state index in [0.717, 1.165) is 16.8 Å². The second-order valence-electron chi connectivity index (χ2n) is 6.48. The van der Waals surface area contributed by atoms with E-state index in [9.17, 15) is 9.59 Å². The van der Waals surface area contributed by atoms with Gasteiger partial charge >= 0.3 is 5.97 Å². The molecule has 0 saturated heterocycles. The normalized spacial score (nSPS) is 10.8. The fourth-order valence-corrected chi connectivity index (χ4v) is 3.55. The van der Waals surface area contributed by atoms with Crippen molar-refractivity contribution in [2.24, 2.45) is 0 Å². The van der Waals surface area contributed by atoms with Gasteiger partial charge in [-0.1, -0.05) is 11.2 Å². The molecule has 0 aliphatic rings. The highest BCUT2D eigenvalue weighted by Crippen LogP contribution is 2.30. The Kier molecular flexibility index (Phi) is 7.09. The van der Waals surface area contributed by atoms with Crippen molar-refractivity contribution in [1.82, 2.24) is 5.16 Å². The van der Waals surface area contributed by atoms with Crippen molar-refractivity contribution in [1.29, 1.82) is 0 Å². The van der Waals surface area contributed by atoms with Crippen LogP contribution in [0.25, 0.3) is 6.08 Å². The van der Waals surface area contributed by atoms with Crippen LogP contribution in [-0.2, 0) is 16.1 Å². The van der Waals surface area contributed by atoms with E-state index in [0.29, 0.717) is 34.4 Å². The van der Waals surface area contributed by atoms with Crippen LogP contribution in [0.5, 0.6) is 11.5 Å². The van der Waals surface area contributed by atoms with Crippen molar-refractivity contribution in [3.8, 4) is 11.5 Å². The van der Waals surface area contributed by atoms with E-state index < -0.39 is 5.97 Å². The molecule has 0 spiro atoms. The number of amides is 1. The van der Waals surface area contributed by atoms with Crippen molar-refractivity contribution in [2.45, 2.75) is 20.5 Å². The summed E-state index contributed by atoms with van der Waals surface area (Å²) >= 11 is 1.24. The predicted octanol–water partition coefficient (Wildman–Crippen LogP) is 4.38. The lowest BCUT2D eigenvalue weighted by molar-refractivity contribution is -0.111. The number of anilines is 1. The molecule has 1 N–H and O–H groups in total. The SMILES string of the molecule is COC(=O)c1ccsc1NC(=O)/C=C/c1ccc(OCc2c(C)noc2C)c(OC)c1. The number of rotatable bonds is 8. The smallest absolute Gasteiger partial charge is 0.340 e. The molecule has 3 aromatic rings. The lowest BCUT2D eigenvalue weighted by Gasteiger charge is -2.11. The molecule has 1 aromatic carbocycles. The third-order valence-corrected chi connectivity index (χ3v) is 5.31. The molecule has 0 atom stereocenters. The van der Waals surface area contributed by atoms with E-state index >= 15 is 0 Å². The fourth-order valence-electron chi connectivity index (χ4n) is 2.77. The van der Waals surface area contributed by atoms with E-state index in [1.54, 1.807) is 42.8 Å². The number of aromatic nitrogens is 1. The minimum absolute atomic E-state index is 0.304. The highest BCUT2D eigenvalue weighted by atomic mass is 32.1. The predicted molar refractivity (Wildman–Crippen MR) is 117 cm³/mol. The molecule has 0 aliphatic carbocycles.